The summed E-state index contributed by atoms with van der Waals surface area (Å²) in [4.78, 5) is 10.4. The molecule has 1 atom stereocenters. The van der Waals surface area contributed by atoms with Crippen LogP contribution in [0.4, 0.5) is 5.69 Å². The molecule has 0 saturated heterocycles. The summed E-state index contributed by atoms with van der Waals surface area (Å²) >= 11 is 0. The molecule has 0 heterocycles. The van der Waals surface area contributed by atoms with E-state index in [9.17, 15) is 4.79 Å². The zero-order chi connectivity index (χ0) is 12.8. The average Bonchev–Trinajstić information content (AvgIpc) is 2.18. The molecule has 92 valence electrons. The molecule has 0 aliphatic rings. The number of hydrogen-bond acceptors (Lipinski definition) is 3. The number of benzene rings is 1. The Morgan fingerprint density at radius 2 is 2.00 bits per heavy atom. The molecule has 17 heavy (non-hydrogen) atoms. The third-order valence-corrected chi connectivity index (χ3v) is 2.17. The first-order valence-corrected chi connectivity index (χ1v) is 5.14. The molecular formula is C11H16N4O2. The SMILES string of the molecule is N=C(N)Nc1ccc(CC(N)CC(=O)O)cc1. The normalized spacial score (nSPS) is 11.8. The highest BCUT2D eigenvalue weighted by Gasteiger charge is 2.08. The van der Waals surface area contributed by atoms with Crippen molar-refractivity contribution in [1.82, 2.24) is 0 Å². The molecule has 7 N–H and O–H groups in total. The molecule has 1 aromatic carbocycles. The molecule has 0 amide bonds. The van der Waals surface area contributed by atoms with E-state index in [4.69, 9.17) is 22.0 Å². The van der Waals surface area contributed by atoms with Crippen LogP contribution in [0.1, 0.15) is 12.0 Å². The van der Waals surface area contributed by atoms with Crippen LogP contribution in [0.2, 0.25) is 0 Å². The lowest BCUT2D eigenvalue weighted by atomic mass is 10.0. The Kier molecular flexibility index (Phi) is 4.47. The minimum absolute atomic E-state index is 0.0482. The zero-order valence-corrected chi connectivity index (χ0v) is 9.31. The Balaban J connectivity index is 2.56. The van der Waals surface area contributed by atoms with Gasteiger partial charge in [0.15, 0.2) is 5.96 Å². The van der Waals surface area contributed by atoms with E-state index in [1.54, 1.807) is 12.1 Å². The third kappa shape index (κ3) is 4.98. The lowest BCUT2D eigenvalue weighted by Crippen LogP contribution is -2.26. The van der Waals surface area contributed by atoms with Gasteiger partial charge in [-0.15, -0.1) is 0 Å². The van der Waals surface area contributed by atoms with Gasteiger partial charge >= 0.3 is 5.97 Å². The number of carbonyl (C=O) groups is 1. The van der Waals surface area contributed by atoms with E-state index in [1.165, 1.54) is 0 Å². The van der Waals surface area contributed by atoms with Crippen LogP contribution in [-0.4, -0.2) is 23.1 Å². The number of hydrogen-bond donors (Lipinski definition) is 5. The number of anilines is 1. The predicted molar refractivity (Wildman–Crippen MR) is 65.9 cm³/mol. The van der Waals surface area contributed by atoms with Crippen molar-refractivity contribution in [2.75, 3.05) is 5.32 Å². The Labute approximate surface area is 99.1 Å². The number of guanidine groups is 1. The standard InChI is InChI=1S/C11H16N4O2/c12-8(6-10(16)17)5-7-1-3-9(4-2-7)15-11(13)14/h1-4,8H,5-6,12H2,(H,16,17)(H4,13,14,15). The van der Waals surface area contributed by atoms with E-state index in [0.717, 1.165) is 5.56 Å². The van der Waals surface area contributed by atoms with Crippen LogP contribution in [0.5, 0.6) is 0 Å². The van der Waals surface area contributed by atoms with Crippen molar-refractivity contribution in [1.29, 1.82) is 5.41 Å². The molecule has 1 unspecified atom stereocenters. The third-order valence-electron chi connectivity index (χ3n) is 2.17. The minimum atomic E-state index is -0.896. The number of nitrogens with one attached hydrogen (secondary N) is 2. The monoisotopic (exact) mass is 236 g/mol. The minimum Gasteiger partial charge on any atom is -0.481 e. The van der Waals surface area contributed by atoms with Gasteiger partial charge in [0.05, 0.1) is 6.42 Å². The second-order valence-electron chi connectivity index (χ2n) is 3.80. The molecule has 0 aromatic heterocycles. The highest BCUT2D eigenvalue weighted by atomic mass is 16.4. The molecule has 1 rings (SSSR count). The van der Waals surface area contributed by atoms with Gasteiger partial charge < -0.3 is 21.9 Å². The van der Waals surface area contributed by atoms with Gasteiger partial charge in [-0.3, -0.25) is 10.2 Å². The van der Waals surface area contributed by atoms with E-state index < -0.39 is 5.97 Å². The molecule has 6 nitrogen and oxygen atoms in total. The van der Waals surface area contributed by atoms with Gasteiger partial charge in [0, 0.05) is 11.7 Å². The molecule has 6 heteroatoms. The Morgan fingerprint density at radius 1 is 1.41 bits per heavy atom. The average molecular weight is 236 g/mol. The van der Waals surface area contributed by atoms with Gasteiger partial charge in [0.25, 0.3) is 0 Å². The maximum atomic E-state index is 10.4. The van der Waals surface area contributed by atoms with Crippen LogP contribution in [0, 0.1) is 5.41 Å². The van der Waals surface area contributed by atoms with E-state index in [1.807, 2.05) is 12.1 Å². The maximum absolute atomic E-state index is 10.4. The molecule has 0 saturated carbocycles. The summed E-state index contributed by atoms with van der Waals surface area (Å²) in [6.45, 7) is 0. The number of rotatable bonds is 5. The molecule has 0 fully saturated rings. The summed E-state index contributed by atoms with van der Waals surface area (Å²) in [7, 11) is 0. The molecule has 0 aliphatic heterocycles. The number of carboxylic acid groups (broad SMARTS) is 1. The van der Waals surface area contributed by atoms with Gasteiger partial charge in [-0.1, -0.05) is 12.1 Å². The van der Waals surface area contributed by atoms with Crippen LogP contribution < -0.4 is 16.8 Å². The smallest absolute Gasteiger partial charge is 0.304 e. The van der Waals surface area contributed by atoms with E-state index >= 15 is 0 Å². The molecule has 0 spiro atoms. The quantitative estimate of drug-likeness (QED) is 0.372. The van der Waals surface area contributed by atoms with Gasteiger partial charge in [-0.05, 0) is 24.1 Å². The van der Waals surface area contributed by atoms with Crippen LogP contribution in [0.3, 0.4) is 0 Å². The van der Waals surface area contributed by atoms with Crippen molar-refractivity contribution < 1.29 is 9.90 Å². The van der Waals surface area contributed by atoms with Gasteiger partial charge in [-0.25, -0.2) is 0 Å². The summed E-state index contributed by atoms with van der Waals surface area (Å²) in [6.07, 6.45) is 0.458. The van der Waals surface area contributed by atoms with Crippen LogP contribution in [0.25, 0.3) is 0 Å². The lowest BCUT2D eigenvalue weighted by molar-refractivity contribution is -0.137. The summed E-state index contributed by atoms with van der Waals surface area (Å²) in [6, 6.07) is 6.80. The first-order chi connectivity index (χ1) is 7.97. The van der Waals surface area contributed by atoms with E-state index in [2.05, 4.69) is 5.32 Å². The van der Waals surface area contributed by atoms with Crippen LogP contribution in [-0.2, 0) is 11.2 Å². The summed E-state index contributed by atoms with van der Waals surface area (Å²) in [5.41, 5.74) is 12.5. The van der Waals surface area contributed by atoms with Crippen molar-refractivity contribution in [2.24, 2.45) is 11.5 Å². The Hall–Kier alpha value is -2.08. The number of aliphatic carboxylic acids is 1. The maximum Gasteiger partial charge on any atom is 0.304 e. The fourth-order valence-corrected chi connectivity index (χ4v) is 1.48. The largest absolute Gasteiger partial charge is 0.481 e. The summed E-state index contributed by atoms with van der Waals surface area (Å²) < 4.78 is 0. The van der Waals surface area contributed by atoms with Crippen molar-refractivity contribution in [3.8, 4) is 0 Å². The number of carboxylic acids is 1. The van der Waals surface area contributed by atoms with E-state index in [0.29, 0.717) is 12.1 Å². The van der Waals surface area contributed by atoms with Crippen LogP contribution >= 0.6 is 0 Å². The fourth-order valence-electron chi connectivity index (χ4n) is 1.48. The fraction of sp³-hybridized carbons (Fsp3) is 0.273. The molecular weight excluding hydrogens is 220 g/mol. The highest BCUT2D eigenvalue weighted by Crippen LogP contribution is 2.11. The van der Waals surface area contributed by atoms with Crippen molar-refractivity contribution in [3.05, 3.63) is 29.8 Å². The van der Waals surface area contributed by atoms with Crippen molar-refractivity contribution >= 4 is 17.6 Å². The first-order valence-electron chi connectivity index (χ1n) is 5.14. The second-order valence-corrected chi connectivity index (χ2v) is 3.80. The molecule has 1 aromatic rings. The summed E-state index contributed by atoms with van der Waals surface area (Å²) in [5, 5.41) is 18.3. The van der Waals surface area contributed by atoms with Crippen molar-refractivity contribution in [2.45, 2.75) is 18.9 Å². The molecule has 0 bridgehead atoms. The second kappa shape index (κ2) is 5.86. The van der Waals surface area contributed by atoms with Crippen molar-refractivity contribution in [3.63, 3.8) is 0 Å². The number of nitrogens with two attached hydrogens (primary N) is 2. The Bertz CT molecular complexity index is 402. The van der Waals surface area contributed by atoms with Gasteiger partial charge in [0.2, 0.25) is 0 Å². The zero-order valence-electron chi connectivity index (χ0n) is 9.31. The summed E-state index contributed by atoms with van der Waals surface area (Å²) in [5.74, 6) is -1.02. The lowest BCUT2D eigenvalue weighted by Gasteiger charge is -2.10. The van der Waals surface area contributed by atoms with Gasteiger partial charge in [-0.2, -0.15) is 0 Å². The molecule has 0 radical (unpaired) electrons. The topological polar surface area (TPSA) is 125 Å². The highest BCUT2D eigenvalue weighted by molar-refractivity contribution is 5.89. The molecule has 0 aliphatic carbocycles. The predicted octanol–water partition coefficient (Wildman–Crippen LogP) is 0.336. The van der Waals surface area contributed by atoms with Crippen LogP contribution in [0.15, 0.2) is 24.3 Å². The van der Waals surface area contributed by atoms with E-state index in [-0.39, 0.29) is 18.4 Å². The first kappa shape index (κ1) is 13.0. The van der Waals surface area contributed by atoms with Gasteiger partial charge in [0.1, 0.15) is 0 Å². The Morgan fingerprint density at radius 3 is 2.47 bits per heavy atom.